The summed E-state index contributed by atoms with van der Waals surface area (Å²) in [5.74, 6) is -0.136. The molecule has 2 N–H and O–H groups in total. The molecule has 0 saturated heterocycles. The van der Waals surface area contributed by atoms with Crippen LogP contribution in [0.15, 0.2) is 24.3 Å². The van der Waals surface area contributed by atoms with Crippen molar-refractivity contribution >= 4 is 11.9 Å². The van der Waals surface area contributed by atoms with Gasteiger partial charge in [0.2, 0.25) is 5.91 Å². The first-order valence-corrected chi connectivity index (χ1v) is 8.06. The first kappa shape index (κ1) is 16.5. The summed E-state index contributed by atoms with van der Waals surface area (Å²) in [6, 6.07) is 7.53. The van der Waals surface area contributed by atoms with Crippen LogP contribution in [0.3, 0.4) is 0 Å². The number of nitrogens with one attached hydrogen (secondary N) is 1. The van der Waals surface area contributed by atoms with Gasteiger partial charge >= 0.3 is 5.97 Å². The summed E-state index contributed by atoms with van der Waals surface area (Å²) in [6.07, 6.45) is 3.70. The van der Waals surface area contributed by atoms with Crippen molar-refractivity contribution in [1.29, 1.82) is 0 Å². The highest BCUT2D eigenvalue weighted by Crippen LogP contribution is 2.33. The van der Waals surface area contributed by atoms with E-state index in [9.17, 15) is 9.59 Å². The van der Waals surface area contributed by atoms with Crippen molar-refractivity contribution < 1.29 is 14.7 Å². The van der Waals surface area contributed by atoms with Crippen LogP contribution in [-0.4, -0.2) is 23.0 Å². The largest absolute Gasteiger partial charge is 0.480 e. The Labute approximate surface area is 131 Å². The van der Waals surface area contributed by atoms with Crippen molar-refractivity contribution in [1.82, 2.24) is 5.32 Å². The molecule has 1 fully saturated rings. The number of hydrogen-bond donors (Lipinski definition) is 2. The minimum atomic E-state index is -0.929. The first-order chi connectivity index (χ1) is 10.5. The van der Waals surface area contributed by atoms with Crippen LogP contribution in [0.5, 0.6) is 0 Å². The second-order valence-electron chi connectivity index (χ2n) is 6.53. The van der Waals surface area contributed by atoms with Gasteiger partial charge < -0.3 is 10.4 Å². The summed E-state index contributed by atoms with van der Waals surface area (Å²) in [7, 11) is 0. The van der Waals surface area contributed by atoms with Crippen LogP contribution in [0, 0.1) is 5.92 Å². The predicted molar refractivity (Wildman–Crippen MR) is 85.8 cm³/mol. The molecule has 1 aromatic rings. The predicted octanol–water partition coefficient (Wildman–Crippen LogP) is 3.11. The normalized spacial score (nSPS) is 15.6. The molecule has 0 aliphatic heterocycles. The van der Waals surface area contributed by atoms with Gasteiger partial charge in [-0.2, -0.15) is 0 Å². The van der Waals surface area contributed by atoms with Crippen molar-refractivity contribution in [3.63, 3.8) is 0 Å². The molecule has 0 radical (unpaired) electrons. The van der Waals surface area contributed by atoms with E-state index in [2.05, 4.69) is 31.3 Å². The van der Waals surface area contributed by atoms with Gasteiger partial charge in [-0.25, -0.2) is 4.79 Å². The average Bonchev–Trinajstić information content (AvgIpc) is 3.28. The number of aliphatic carboxylic acids is 1. The van der Waals surface area contributed by atoms with E-state index in [4.69, 9.17) is 5.11 Å². The second kappa shape index (κ2) is 7.43. The van der Waals surface area contributed by atoms with Crippen molar-refractivity contribution in [2.24, 2.45) is 5.92 Å². The van der Waals surface area contributed by atoms with E-state index in [1.54, 1.807) is 0 Å². The van der Waals surface area contributed by atoms with Crippen LogP contribution in [0.1, 0.15) is 56.6 Å². The maximum absolute atomic E-state index is 11.9. The van der Waals surface area contributed by atoms with E-state index < -0.39 is 12.0 Å². The molecule has 120 valence electrons. The molecule has 4 heteroatoms. The Hall–Kier alpha value is -1.84. The number of aryl methyl sites for hydroxylation is 1. The first-order valence-electron chi connectivity index (χ1n) is 8.06. The van der Waals surface area contributed by atoms with Gasteiger partial charge in [0.15, 0.2) is 0 Å². The Morgan fingerprint density at radius 2 is 1.86 bits per heavy atom. The number of carbonyl (C=O) groups is 2. The summed E-state index contributed by atoms with van der Waals surface area (Å²) in [4.78, 5) is 23.1. The second-order valence-corrected chi connectivity index (χ2v) is 6.53. The molecular weight excluding hydrogens is 278 g/mol. The molecule has 1 aliphatic carbocycles. The van der Waals surface area contributed by atoms with E-state index in [-0.39, 0.29) is 5.91 Å². The van der Waals surface area contributed by atoms with Gasteiger partial charge in [0.05, 0.1) is 0 Å². The number of carbonyl (C=O) groups excluding carboxylic acids is 1. The van der Waals surface area contributed by atoms with E-state index in [1.807, 2.05) is 12.1 Å². The lowest BCUT2D eigenvalue weighted by molar-refractivity contribution is -0.142. The van der Waals surface area contributed by atoms with Gasteiger partial charge in [0.1, 0.15) is 6.04 Å². The van der Waals surface area contributed by atoms with Gasteiger partial charge in [0.25, 0.3) is 0 Å². The highest BCUT2D eigenvalue weighted by atomic mass is 16.4. The monoisotopic (exact) mass is 303 g/mol. The molecule has 1 amide bonds. The average molecular weight is 303 g/mol. The fourth-order valence-corrected chi connectivity index (χ4v) is 2.50. The quantitative estimate of drug-likeness (QED) is 0.775. The number of benzene rings is 1. The van der Waals surface area contributed by atoms with Gasteiger partial charge in [-0.05, 0) is 35.8 Å². The van der Waals surface area contributed by atoms with Crippen LogP contribution >= 0.6 is 0 Å². The zero-order valence-corrected chi connectivity index (χ0v) is 13.3. The maximum atomic E-state index is 11.9. The van der Waals surface area contributed by atoms with Crippen LogP contribution in [0.2, 0.25) is 0 Å². The molecule has 0 bridgehead atoms. The van der Waals surface area contributed by atoms with Crippen LogP contribution in [0.4, 0.5) is 0 Å². The molecule has 0 spiro atoms. The fraction of sp³-hybridized carbons (Fsp3) is 0.556. The Balaban J connectivity index is 1.79. The van der Waals surface area contributed by atoms with Crippen molar-refractivity contribution in [3.8, 4) is 0 Å². The van der Waals surface area contributed by atoms with Crippen LogP contribution in [0.25, 0.3) is 0 Å². The van der Waals surface area contributed by atoms with E-state index in [0.29, 0.717) is 31.1 Å². The smallest absolute Gasteiger partial charge is 0.326 e. The molecule has 4 nitrogen and oxygen atoms in total. The van der Waals surface area contributed by atoms with Gasteiger partial charge in [-0.3, -0.25) is 4.79 Å². The van der Waals surface area contributed by atoms with Crippen molar-refractivity contribution in [3.05, 3.63) is 35.4 Å². The zero-order valence-electron chi connectivity index (χ0n) is 13.3. The number of rotatable bonds is 8. The Bertz CT molecular complexity index is 518. The van der Waals surface area contributed by atoms with E-state index in [1.165, 1.54) is 5.56 Å². The molecule has 1 saturated carbocycles. The lowest BCUT2D eigenvalue weighted by atomic mass is 10.00. The minimum absolute atomic E-state index is 0.180. The molecular formula is C18H25NO3. The van der Waals surface area contributed by atoms with E-state index in [0.717, 1.165) is 18.4 Å². The molecule has 0 aromatic heterocycles. The molecule has 2 rings (SSSR count). The molecule has 0 heterocycles. The highest BCUT2D eigenvalue weighted by Gasteiger charge is 2.29. The van der Waals surface area contributed by atoms with Crippen molar-refractivity contribution in [2.45, 2.75) is 57.9 Å². The lowest BCUT2D eigenvalue weighted by Gasteiger charge is -2.14. The Kier molecular flexibility index (Phi) is 5.58. The summed E-state index contributed by atoms with van der Waals surface area (Å²) >= 11 is 0. The number of hydrogen-bond acceptors (Lipinski definition) is 2. The van der Waals surface area contributed by atoms with Gasteiger partial charge in [-0.1, -0.05) is 51.0 Å². The number of amides is 1. The summed E-state index contributed by atoms with van der Waals surface area (Å²) < 4.78 is 0. The minimum Gasteiger partial charge on any atom is -0.480 e. The third-order valence-corrected chi connectivity index (χ3v) is 4.19. The number of carboxylic acid groups (broad SMARTS) is 1. The molecule has 1 unspecified atom stereocenters. The third kappa shape index (κ3) is 5.17. The zero-order chi connectivity index (χ0) is 16.1. The summed E-state index contributed by atoms with van der Waals surface area (Å²) in [6.45, 7) is 4.29. The summed E-state index contributed by atoms with van der Waals surface area (Å²) in [5.41, 5.74) is 2.39. The van der Waals surface area contributed by atoms with E-state index >= 15 is 0 Å². The SMILES string of the molecule is CC(C)c1ccc(CCC(=O)NC(CC2CC2)C(=O)O)cc1. The van der Waals surface area contributed by atoms with Crippen molar-refractivity contribution in [2.75, 3.05) is 0 Å². The Morgan fingerprint density at radius 1 is 1.23 bits per heavy atom. The lowest BCUT2D eigenvalue weighted by Crippen LogP contribution is -2.41. The topological polar surface area (TPSA) is 66.4 Å². The van der Waals surface area contributed by atoms with Crippen LogP contribution in [-0.2, 0) is 16.0 Å². The molecule has 1 atom stereocenters. The standard InChI is InChI=1S/C18H25NO3/c1-12(2)15-8-5-13(6-9-15)7-10-17(20)19-16(18(21)22)11-14-3-4-14/h5-6,8-9,12,14,16H,3-4,7,10-11H2,1-2H3,(H,19,20)(H,21,22). The summed E-state index contributed by atoms with van der Waals surface area (Å²) in [5, 5.41) is 11.8. The molecule has 22 heavy (non-hydrogen) atoms. The number of carboxylic acids is 1. The van der Waals surface area contributed by atoms with Gasteiger partial charge in [-0.15, -0.1) is 0 Å². The Morgan fingerprint density at radius 3 is 2.36 bits per heavy atom. The third-order valence-electron chi connectivity index (χ3n) is 4.19. The van der Waals surface area contributed by atoms with Gasteiger partial charge in [0, 0.05) is 6.42 Å². The highest BCUT2D eigenvalue weighted by molar-refractivity contribution is 5.83. The maximum Gasteiger partial charge on any atom is 0.326 e. The molecule has 1 aromatic carbocycles. The van der Waals surface area contributed by atoms with Crippen LogP contribution < -0.4 is 5.32 Å². The fourth-order valence-electron chi connectivity index (χ4n) is 2.50. The molecule has 1 aliphatic rings.